The Morgan fingerprint density at radius 2 is 1.18 bits per heavy atom. The van der Waals surface area contributed by atoms with Gasteiger partial charge in [0.15, 0.2) is 11.6 Å². The minimum Gasteiger partial charge on any atom is -0.202 e. The van der Waals surface area contributed by atoms with Crippen LogP contribution in [-0.4, -0.2) is 0 Å². The lowest BCUT2D eigenvalue weighted by Gasteiger charge is -1.94. The summed E-state index contributed by atoms with van der Waals surface area (Å²) in [5, 5.41) is 0. The lowest BCUT2D eigenvalue weighted by Crippen LogP contribution is -3.62. The van der Waals surface area contributed by atoms with Crippen molar-refractivity contribution in [1.82, 2.24) is 0 Å². The van der Waals surface area contributed by atoms with Gasteiger partial charge in [-0.2, -0.15) is 0 Å². The Hall–Kier alpha value is -0.0100. The molecular formula is C12H6Br2F2I+. The molecule has 0 heterocycles. The Labute approximate surface area is 125 Å². The van der Waals surface area contributed by atoms with Gasteiger partial charge in [0.25, 0.3) is 0 Å². The molecule has 2 aromatic carbocycles. The number of halogens is 5. The summed E-state index contributed by atoms with van der Waals surface area (Å²) in [5.41, 5.74) is 0. The minimum absolute atomic E-state index is 0.283. The molecule has 0 aliphatic rings. The largest absolute Gasteiger partial charge is 0.364 e. The van der Waals surface area contributed by atoms with E-state index in [1.807, 2.05) is 0 Å². The van der Waals surface area contributed by atoms with E-state index in [1.54, 1.807) is 24.3 Å². The molecule has 88 valence electrons. The first-order chi connectivity index (χ1) is 8.06. The second-order valence-electron chi connectivity index (χ2n) is 3.21. The maximum Gasteiger partial charge on any atom is 0.364 e. The monoisotopic (exact) mass is 473 g/mol. The highest BCUT2D eigenvalue weighted by molar-refractivity contribution is 9.10. The zero-order chi connectivity index (χ0) is 12.4. The van der Waals surface area contributed by atoms with Crippen molar-refractivity contribution in [2.75, 3.05) is 0 Å². The Morgan fingerprint density at radius 3 is 1.53 bits per heavy atom. The zero-order valence-electron chi connectivity index (χ0n) is 8.35. The van der Waals surface area contributed by atoms with Crippen LogP contribution in [0, 0.1) is 18.8 Å². The Bertz CT molecular complexity index is 509. The van der Waals surface area contributed by atoms with Gasteiger partial charge < -0.3 is 0 Å². The molecule has 0 saturated heterocycles. The van der Waals surface area contributed by atoms with Gasteiger partial charge in [0.05, 0.1) is 0 Å². The molecule has 0 spiro atoms. The Kier molecular flexibility index (Phi) is 4.54. The lowest BCUT2D eigenvalue weighted by molar-refractivity contribution is -0.603. The van der Waals surface area contributed by atoms with Gasteiger partial charge in [0.2, 0.25) is 7.14 Å². The molecule has 0 amide bonds. The summed E-state index contributed by atoms with van der Waals surface area (Å²) in [6.07, 6.45) is 0. The first kappa shape index (κ1) is 13.4. The summed E-state index contributed by atoms with van der Waals surface area (Å²) in [6, 6.07) is 9.77. The van der Waals surface area contributed by atoms with Crippen LogP contribution in [0.5, 0.6) is 0 Å². The molecule has 5 heteroatoms. The van der Waals surface area contributed by atoms with E-state index in [2.05, 4.69) is 31.9 Å². The molecule has 0 fully saturated rings. The smallest absolute Gasteiger partial charge is 0.202 e. The number of hydrogen-bond acceptors (Lipinski definition) is 0. The summed E-state index contributed by atoms with van der Waals surface area (Å²) in [4.78, 5) is 0. The van der Waals surface area contributed by atoms with Crippen LogP contribution in [0.4, 0.5) is 8.78 Å². The third-order valence-corrected chi connectivity index (χ3v) is 5.87. The van der Waals surface area contributed by atoms with Crippen LogP contribution in [0.3, 0.4) is 0 Å². The topological polar surface area (TPSA) is 0 Å². The van der Waals surface area contributed by atoms with Gasteiger partial charge in [-0.15, -0.1) is 0 Å². The van der Waals surface area contributed by atoms with E-state index in [1.165, 1.54) is 12.1 Å². The van der Waals surface area contributed by atoms with Crippen LogP contribution < -0.4 is 21.2 Å². The van der Waals surface area contributed by atoms with Gasteiger partial charge in [-0.05, 0) is 36.4 Å². The van der Waals surface area contributed by atoms with Gasteiger partial charge in [-0.25, -0.2) is 8.78 Å². The average molecular weight is 475 g/mol. The molecule has 0 unspecified atom stereocenters. The first-order valence-corrected chi connectivity index (χ1v) is 8.35. The van der Waals surface area contributed by atoms with Crippen LogP contribution >= 0.6 is 31.9 Å². The van der Waals surface area contributed by atoms with Crippen molar-refractivity contribution in [3.63, 3.8) is 0 Å². The van der Waals surface area contributed by atoms with E-state index in [-0.39, 0.29) is 11.6 Å². The molecule has 0 aromatic heterocycles. The molecule has 0 aliphatic heterocycles. The van der Waals surface area contributed by atoms with Gasteiger partial charge in [-0.3, -0.25) is 0 Å². The summed E-state index contributed by atoms with van der Waals surface area (Å²) >= 11 is 5.56. The summed E-state index contributed by atoms with van der Waals surface area (Å²) in [7, 11) is 0. The highest BCUT2D eigenvalue weighted by Crippen LogP contribution is 2.11. The third kappa shape index (κ3) is 3.48. The van der Waals surface area contributed by atoms with Crippen LogP contribution in [0.25, 0.3) is 0 Å². The van der Waals surface area contributed by atoms with Crippen LogP contribution in [0.2, 0.25) is 0 Å². The zero-order valence-corrected chi connectivity index (χ0v) is 13.7. The molecule has 0 N–H and O–H groups in total. The molecule has 0 bridgehead atoms. The highest BCUT2D eigenvalue weighted by Gasteiger charge is 2.24. The first-order valence-electron chi connectivity index (χ1n) is 4.61. The van der Waals surface area contributed by atoms with Crippen molar-refractivity contribution in [1.29, 1.82) is 0 Å². The van der Waals surface area contributed by atoms with E-state index in [0.717, 1.165) is 0 Å². The fourth-order valence-electron chi connectivity index (χ4n) is 1.20. The fourth-order valence-corrected chi connectivity index (χ4v) is 4.04. The van der Waals surface area contributed by atoms with E-state index in [9.17, 15) is 8.78 Å². The van der Waals surface area contributed by atoms with Gasteiger partial charge in [0.1, 0.15) is 0 Å². The molecule has 2 rings (SSSR count). The quantitative estimate of drug-likeness (QED) is 0.458. The standard InChI is InChI=1S/C12H6Br2F2I/c13-7-1-3-11(9(15)5-7)17-12-4-2-8(14)6-10(12)16/h1-6H/q+1. The molecule has 17 heavy (non-hydrogen) atoms. The Morgan fingerprint density at radius 1 is 0.765 bits per heavy atom. The molecule has 0 aliphatic carbocycles. The summed E-state index contributed by atoms with van der Waals surface area (Å²) in [6.45, 7) is 0. The molecular weight excluding hydrogens is 469 g/mol. The SMILES string of the molecule is Fc1cc(Br)ccc1[I+]c1ccc(Br)cc1F. The van der Waals surface area contributed by atoms with Crippen LogP contribution in [-0.2, 0) is 0 Å². The van der Waals surface area contributed by atoms with Gasteiger partial charge >= 0.3 is 21.2 Å². The molecule has 0 radical (unpaired) electrons. The van der Waals surface area contributed by atoms with Gasteiger partial charge in [0, 0.05) is 8.95 Å². The minimum atomic E-state index is -0.832. The van der Waals surface area contributed by atoms with E-state index in [0.29, 0.717) is 16.1 Å². The number of hydrogen-bond donors (Lipinski definition) is 0. The van der Waals surface area contributed by atoms with Crippen molar-refractivity contribution in [2.45, 2.75) is 0 Å². The van der Waals surface area contributed by atoms with Crippen molar-refractivity contribution in [3.8, 4) is 0 Å². The van der Waals surface area contributed by atoms with Crippen LogP contribution in [0.15, 0.2) is 45.3 Å². The van der Waals surface area contributed by atoms with Crippen molar-refractivity contribution >= 4 is 31.9 Å². The summed E-state index contributed by atoms with van der Waals surface area (Å²) in [5.74, 6) is -0.566. The van der Waals surface area contributed by atoms with Gasteiger partial charge in [-0.1, -0.05) is 31.9 Å². The second kappa shape index (κ2) is 5.75. The average Bonchev–Trinajstić information content (AvgIpc) is 2.25. The summed E-state index contributed by atoms with van der Waals surface area (Å²) < 4.78 is 29.8. The second-order valence-corrected chi connectivity index (χ2v) is 7.91. The van der Waals surface area contributed by atoms with E-state index < -0.39 is 21.2 Å². The van der Waals surface area contributed by atoms with E-state index in [4.69, 9.17) is 0 Å². The molecule has 0 saturated carbocycles. The normalized spacial score (nSPS) is 10.6. The third-order valence-electron chi connectivity index (χ3n) is 1.97. The van der Waals surface area contributed by atoms with Crippen molar-refractivity contribution in [3.05, 3.63) is 64.1 Å². The Balaban J connectivity index is 2.31. The maximum atomic E-state index is 13.6. The molecule has 2 aromatic rings. The predicted octanol–water partition coefficient (Wildman–Crippen LogP) is 1.62. The van der Waals surface area contributed by atoms with Crippen molar-refractivity contribution in [2.24, 2.45) is 0 Å². The van der Waals surface area contributed by atoms with Crippen molar-refractivity contribution < 1.29 is 30.0 Å². The fraction of sp³-hybridized carbons (Fsp3) is 0. The van der Waals surface area contributed by atoms with Crippen LogP contribution in [0.1, 0.15) is 0 Å². The van der Waals surface area contributed by atoms with E-state index >= 15 is 0 Å². The molecule has 0 nitrogen and oxygen atoms in total. The lowest BCUT2D eigenvalue weighted by atomic mass is 10.4. The maximum absolute atomic E-state index is 13.6. The number of rotatable bonds is 2. The number of benzene rings is 2. The predicted molar refractivity (Wildman–Crippen MR) is 65.6 cm³/mol. The highest BCUT2D eigenvalue weighted by atomic mass is 127. The molecule has 0 atom stereocenters.